The summed E-state index contributed by atoms with van der Waals surface area (Å²) in [5.41, 5.74) is 1.48. The molecule has 1 heterocycles. The highest BCUT2D eigenvalue weighted by Crippen LogP contribution is 2.30. The highest BCUT2D eigenvalue weighted by atomic mass is 32.2. The van der Waals surface area contributed by atoms with Gasteiger partial charge in [-0.05, 0) is 42.8 Å². The van der Waals surface area contributed by atoms with Crippen molar-refractivity contribution in [2.24, 2.45) is 0 Å². The zero-order valence-corrected chi connectivity index (χ0v) is 16.4. The predicted molar refractivity (Wildman–Crippen MR) is 107 cm³/mol. The summed E-state index contributed by atoms with van der Waals surface area (Å²) < 4.78 is 31.9. The second kappa shape index (κ2) is 8.34. The van der Waals surface area contributed by atoms with E-state index in [1.165, 1.54) is 24.3 Å². The predicted octanol–water partition coefficient (Wildman–Crippen LogP) is 1.42. The average molecular weight is 413 g/mol. The number of hydrogen-bond acceptors (Lipinski definition) is 5. The largest absolute Gasteiger partial charge is 0.482 e. The number of benzene rings is 2. The van der Waals surface area contributed by atoms with E-state index in [0.29, 0.717) is 11.4 Å². The Balaban J connectivity index is 1.75. The van der Waals surface area contributed by atoms with E-state index in [9.17, 15) is 18.0 Å². The van der Waals surface area contributed by atoms with Crippen molar-refractivity contribution in [2.45, 2.75) is 17.9 Å². The van der Waals surface area contributed by atoms with Crippen molar-refractivity contribution in [3.8, 4) is 18.1 Å². The molecule has 8 nitrogen and oxygen atoms in total. The number of rotatable bonds is 6. The first-order chi connectivity index (χ1) is 13.8. The third-order valence-corrected chi connectivity index (χ3v) is 5.65. The summed E-state index contributed by atoms with van der Waals surface area (Å²) in [5.74, 6) is 2.07. The number of fused-ring (bicyclic) bond motifs is 1. The molecule has 1 aliphatic heterocycles. The summed E-state index contributed by atoms with van der Waals surface area (Å²) in [5, 5.41) is 5.53. The molecular weight excluding hydrogens is 394 g/mol. The number of ether oxygens (including phenoxy) is 1. The molecule has 3 rings (SSSR count). The molecule has 0 saturated carbocycles. The Bertz CT molecular complexity index is 1110. The van der Waals surface area contributed by atoms with Crippen molar-refractivity contribution in [2.75, 3.05) is 18.5 Å². The molecule has 2 aromatic carbocycles. The molecule has 0 spiro atoms. The van der Waals surface area contributed by atoms with Gasteiger partial charge < -0.3 is 15.4 Å². The molecule has 0 aromatic heterocycles. The molecule has 1 aliphatic rings. The number of amides is 2. The molecule has 9 heteroatoms. The lowest BCUT2D eigenvalue weighted by Crippen LogP contribution is -2.28. The number of hydrogen-bond donors (Lipinski definition) is 3. The number of terminal acetylenes is 1. The van der Waals surface area contributed by atoms with E-state index in [2.05, 4.69) is 21.3 Å². The first-order valence-corrected chi connectivity index (χ1v) is 10.2. The highest BCUT2D eigenvalue weighted by Gasteiger charge is 2.20. The zero-order chi connectivity index (χ0) is 21.0. The molecule has 1 unspecified atom stereocenters. The lowest BCUT2D eigenvalue weighted by Gasteiger charge is -2.21. The van der Waals surface area contributed by atoms with Gasteiger partial charge in [-0.1, -0.05) is 18.1 Å². The van der Waals surface area contributed by atoms with Gasteiger partial charge in [-0.15, -0.1) is 6.42 Å². The van der Waals surface area contributed by atoms with Crippen LogP contribution in [0.1, 0.15) is 28.9 Å². The van der Waals surface area contributed by atoms with Crippen molar-refractivity contribution in [3.63, 3.8) is 0 Å². The standard InChI is InChI=1S/C20H19N3O5S/c1-3-9-21-29(26,27)16-6-4-5-15(10-16)20(25)22-13(2)14-7-8-18-17(11-14)23-19(24)12-28-18/h1,4-8,10-11,13,21H,9,12H2,2H3,(H,22,25)(H,23,24). The first kappa shape index (κ1) is 20.4. The molecule has 0 aliphatic carbocycles. The van der Waals surface area contributed by atoms with Crippen molar-refractivity contribution >= 4 is 27.5 Å². The summed E-state index contributed by atoms with van der Waals surface area (Å²) in [7, 11) is -3.80. The van der Waals surface area contributed by atoms with Crippen LogP contribution in [-0.4, -0.2) is 33.4 Å². The van der Waals surface area contributed by atoms with Crippen LogP contribution in [0, 0.1) is 12.3 Å². The van der Waals surface area contributed by atoms with Crippen LogP contribution in [0.3, 0.4) is 0 Å². The average Bonchev–Trinajstić information content (AvgIpc) is 2.71. The van der Waals surface area contributed by atoms with Gasteiger partial charge in [0.1, 0.15) is 5.75 Å². The molecule has 3 N–H and O–H groups in total. The van der Waals surface area contributed by atoms with Gasteiger partial charge in [0.05, 0.1) is 23.2 Å². The Kier molecular flexibility index (Phi) is 5.87. The van der Waals surface area contributed by atoms with Gasteiger partial charge in [-0.2, -0.15) is 4.72 Å². The third-order valence-electron chi connectivity index (χ3n) is 4.25. The maximum Gasteiger partial charge on any atom is 0.262 e. The van der Waals surface area contributed by atoms with Gasteiger partial charge >= 0.3 is 0 Å². The molecule has 150 valence electrons. The molecular formula is C20H19N3O5S. The monoisotopic (exact) mass is 413 g/mol. The van der Waals surface area contributed by atoms with Crippen LogP contribution in [0.25, 0.3) is 0 Å². The maximum atomic E-state index is 12.6. The SMILES string of the molecule is C#CCNS(=O)(=O)c1cccc(C(=O)NC(C)c2ccc3c(c2)NC(=O)CO3)c1. The normalized spacial score (nSPS) is 14.0. The number of sulfonamides is 1. The number of anilines is 1. The highest BCUT2D eigenvalue weighted by molar-refractivity contribution is 7.89. The molecule has 0 radical (unpaired) electrons. The fourth-order valence-corrected chi connectivity index (χ4v) is 3.74. The fourth-order valence-electron chi connectivity index (χ4n) is 2.76. The molecule has 1 atom stereocenters. The summed E-state index contributed by atoms with van der Waals surface area (Å²) in [6, 6.07) is 10.5. The smallest absolute Gasteiger partial charge is 0.262 e. The van der Waals surface area contributed by atoms with E-state index < -0.39 is 22.0 Å². The lowest BCUT2D eigenvalue weighted by molar-refractivity contribution is -0.118. The Morgan fingerprint density at radius 2 is 2.10 bits per heavy atom. The van der Waals surface area contributed by atoms with Crippen LogP contribution in [0.2, 0.25) is 0 Å². The summed E-state index contributed by atoms with van der Waals surface area (Å²) in [6.07, 6.45) is 5.08. The van der Waals surface area contributed by atoms with Crippen LogP contribution in [0.5, 0.6) is 5.75 Å². The van der Waals surface area contributed by atoms with Crippen LogP contribution in [0.15, 0.2) is 47.4 Å². The van der Waals surface area contributed by atoms with Crippen LogP contribution < -0.4 is 20.1 Å². The number of carbonyl (C=O) groups is 2. The minimum atomic E-state index is -3.80. The minimum Gasteiger partial charge on any atom is -0.482 e. The van der Waals surface area contributed by atoms with Gasteiger partial charge in [-0.3, -0.25) is 9.59 Å². The lowest BCUT2D eigenvalue weighted by atomic mass is 10.1. The second-order valence-electron chi connectivity index (χ2n) is 6.34. The van der Waals surface area contributed by atoms with Gasteiger partial charge in [0.15, 0.2) is 6.61 Å². The molecule has 2 amide bonds. The van der Waals surface area contributed by atoms with Gasteiger partial charge in [0.2, 0.25) is 10.0 Å². The Hall–Kier alpha value is -3.35. The molecule has 2 aromatic rings. The maximum absolute atomic E-state index is 12.6. The Morgan fingerprint density at radius 1 is 1.31 bits per heavy atom. The van der Waals surface area contributed by atoms with E-state index in [0.717, 1.165) is 5.56 Å². The molecule has 29 heavy (non-hydrogen) atoms. The summed E-state index contributed by atoms with van der Waals surface area (Å²) in [4.78, 5) is 24.0. The van der Waals surface area contributed by atoms with Crippen LogP contribution >= 0.6 is 0 Å². The number of nitrogens with one attached hydrogen (secondary N) is 3. The Morgan fingerprint density at radius 3 is 2.86 bits per heavy atom. The zero-order valence-electron chi connectivity index (χ0n) is 15.6. The summed E-state index contributed by atoms with van der Waals surface area (Å²) in [6.45, 7) is 1.60. The van der Waals surface area contributed by atoms with Crippen LogP contribution in [-0.2, 0) is 14.8 Å². The van der Waals surface area contributed by atoms with E-state index in [1.54, 1.807) is 25.1 Å². The van der Waals surface area contributed by atoms with Crippen molar-refractivity contribution in [1.29, 1.82) is 0 Å². The molecule has 0 fully saturated rings. The van der Waals surface area contributed by atoms with Crippen molar-refractivity contribution < 1.29 is 22.7 Å². The minimum absolute atomic E-state index is 0.0336. The molecule has 0 saturated heterocycles. The van der Waals surface area contributed by atoms with E-state index in [4.69, 9.17) is 11.2 Å². The molecule has 0 bridgehead atoms. The van der Waals surface area contributed by atoms with Crippen LogP contribution in [0.4, 0.5) is 5.69 Å². The van der Waals surface area contributed by atoms with E-state index >= 15 is 0 Å². The second-order valence-corrected chi connectivity index (χ2v) is 8.11. The van der Waals surface area contributed by atoms with E-state index in [-0.39, 0.29) is 29.5 Å². The van der Waals surface area contributed by atoms with Gasteiger partial charge in [0, 0.05) is 5.56 Å². The summed E-state index contributed by atoms with van der Waals surface area (Å²) >= 11 is 0. The first-order valence-electron chi connectivity index (χ1n) is 8.71. The van der Waals surface area contributed by atoms with Crippen molar-refractivity contribution in [1.82, 2.24) is 10.0 Å². The van der Waals surface area contributed by atoms with Gasteiger partial charge in [0.25, 0.3) is 11.8 Å². The quantitative estimate of drug-likeness (QED) is 0.620. The topological polar surface area (TPSA) is 114 Å². The van der Waals surface area contributed by atoms with Crippen molar-refractivity contribution in [3.05, 3.63) is 53.6 Å². The van der Waals surface area contributed by atoms with Gasteiger partial charge in [-0.25, -0.2) is 8.42 Å². The van der Waals surface area contributed by atoms with E-state index in [1.807, 2.05) is 0 Å². The third kappa shape index (κ3) is 4.74. The Labute approximate surface area is 168 Å². The fraction of sp³-hybridized carbons (Fsp3) is 0.200. The number of carbonyl (C=O) groups excluding carboxylic acids is 2.